The average molecular weight is 572 g/mol. The van der Waals surface area contributed by atoms with Gasteiger partial charge in [-0.25, -0.2) is 4.98 Å². The van der Waals surface area contributed by atoms with Gasteiger partial charge < -0.3 is 4.42 Å². The predicted molar refractivity (Wildman–Crippen MR) is 190 cm³/mol. The Morgan fingerprint density at radius 2 is 1.02 bits per heavy atom. The first kappa shape index (κ1) is 24.5. The van der Waals surface area contributed by atoms with Crippen molar-refractivity contribution in [1.29, 1.82) is 0 Å². The van der Waals surface area contributed by atoms with Gasteiger partial charge in [-0.3, -0.25) is 0 Å². The molecule has 0 aliphatic heterocycles. The van der Waals surface area contributed by atoms with Crippen molar-refractivity contribution in [2.45, 2.75) is 0 Å². The Bertz CT molecular complexity index is 2810. The lowest BCUT2D eigenvalue weighted by atomic mass is 9.92. The molecule has 0 saturated heterocycles. The lowest BCUT2D eigenvalue weighted by Crippen LogP contribution is -1.91. The highest BCUT2D eigenvalue weighted by Gasteiger charge is 2.19. The van der Waals surface area contributed by atoms with Crippen LogP contribution in [0.3, 0.4) is 0 Å². The number of furan rings is 1. The second-order valence-corrected chi connectivity index (χ2v) is 11.9. The summed E-state index contributed by atoms with van der Waals surface area (Å²) in [4.78, 5) is 5.27. The van der Waals surface area contributed by atoms with Crippen LogP contribution in [0.1, 0.15) is 0 Å². The quantitative estimate of drug-likeness (QED) is 0.193. The van der Waals surface area contributed by atoms with Gasteiger partial charge in [-0.05, 0) is 62.1 Å². The number of benzene rings is 8. The fourth-order valence-corrected chi connectivity index (χ4v) is 7.38. The third-order valence-electron chi connectivity index (χ3n) is 9.39. The minimum absolute atomic E-state index is 0.909. The number of pyridine rings is 1. The van der Waals surface area contributed by atoms with Crippen LogP contribution in [0.5, 0.6) is 0 Å². The molecule has 0 bridgehead atoms. The van der Waals surface area contributed by atoms with E-state index in [0.717, 1.165) is 44.5 Å². The van der Waals surface area contributed by atoms with Gasteiger partial charge in [-0.15, -0.1) is 0 Å². The van der Waals surface area contributed by atoms with E-state index in [2.05, 4.69) is 152 Å². The summed E-state index contributed by atoms with van der Waals surface area (Å²) in [7, 11) is 0. The summed E-state index contributed by atoms with van der Waals surface area (Å²) in [6.45, 7) is 0. The molecule has 10 aromatic rings. The Labute approximate surface area is 258 Å². The molecular formula is C43H25NO. The summed E-state index contributed by atoms with van der Waals surface area (Å²) in [6, 6.07) is 54.2. The van der Waals surface area contributed by atoms with Gasteiger partial charge in [-0.1, -0.05) is 127 Å². The standard InChI is InChI=1S/C43H25NO/c1-4-15-31-26(10-1)20-22-35-39(31)34-18-7-8-19-37(34)44-42(35)30-14-9-13-28(24-30)36-25-29-12-3-6-17-33(29)41-40-32-16-5-2-11-27(32)21-23-38(40)45-43(36)41/h1-25H. The van der Waals surface area contributed by atoms with Gasteiger partial charge in [0.2, 0.25) is 0 Å². The summed E-state index contributed by atoms with van der Waals surface area (Å²) in [6.07, 6.45) is 0. The van der Waals surface area contributed by atoms with Crippen LogP contribution in [-0.4, -0.2) is 4.98 Å². The van der Waals surface area contributed by atoms with E-state index < -0.39 is 0 Å². The lowest BCUT2D eigenvalue weighted by molar-refractivity contribution is 0.670. The number of para-hydroxylation sites is 1. The van der Waals surface area contributed by atoms with Crippen molar-refractivity contribution in [2.24, 2.45) is 0 Å². The molecule has 0 aliphatic rings. The molecule has 0 fully saturated rings. The van der Waals surface area contributed by atoms with Crippen LogP contribution in [0.2, 0.25) is 0 Å². The molecule has 2 nitrogen and oxygen atoms in total. The highest BCUT2D eigenvalue weighted by Crippen LogP contribution is 2.44. The summed E-state index contributed by atoms with van der Waals surface area (Å²) in [5, 5.41) is 13.2. The maximum atomic E-state index is 6.76. The van der Waals surface area contributed by atoms with Crippen LogP contribution in [0.15, 0.2) is 156 Å². The van der Waals surface area contributed by atoms with Crippen LogP contribution in [0.25, 0.3) is 98.3 Å². The molecule has 208 valence electrons. The molecule has 0 unspecified atom stereocenters. The van der Waals surface area contributed by atoms with Crippen molar-refractivity contribution in [3.05, 3.63) is 152 Å². The highest BCUT2D eigenvalue weighted by molar-refractivity contribution is 6.29. The van der Waals surface area contributed by atoms with Crippen LogP contribution in [0, 0.1) is 0 Å². The van der Waals surface area contributed by atoms with Crippen molar-refractivity contribution in [2.75, 3.05) is 0 Å². The van der Waals surface area contributed by atoms with Crippen molar-refractivity contribution in [3.8, 4) is 22.4 Å². The van der Waals surface area contributed by atoms with Gasteiger partial charge in [0.1, 0.15) is 11.2 Å². The molecule has 0 saturated carbocycles. The molecular weight excluding hydrogens is 546 g/mol. The Kier molecular flexibility index (Phi) is 5.03. The first-order chi connectivity index (χ1) is 22.3. The second-order valence-electron chi connectivity index (χ2n) is 11.9. The fraction of sp³-hybridized carbons (Fsp3) is 0. The fourth-order valence-electron chi connectivity index (χ4n) is 7.38. The van der Waals surface area contributed by atoms with Crippen molar-refractivity contribution in [1.82, 2.24) is 4.98 Å². The van der Waals surface area contributed by atoms with E-state index in [4.69, 9.17) is 9.40 Å². The first-order valence-electron chi connectivity index (χ1n) is 15.4. The van der Waals surface area contributed by atoms with E-state index in [1.165, 1.54) is 53.9 Å². The third-order valence-corrected chi connectivity index (χ3v) is 9.39. The molecule has 8 aromatic carbocycles. The number of hydrogen-bond donors (Lipinski definition) is 0. The minimum atomic E-state index is 0.909. The molecule has 2 heterocycles. The number of nitrogens with zero attached hydrogens (tertiary/aromatic N) is 1. The number of hydrogen-bond acceptors (Lipinski definition) is 2. The Balaban J connectivity index is 1.28. The van der Waals surface area contributed by atoms with Gasteiger partial charge in [0.05, 0.1) is 11.2 Å². The zero-order valence-electron chi connectivity index (χ0n) is 24.3. The van der Waals surface area contributed by atoms with Crippen LogP contribution < -0.4 is 0 Å². The molecule has 45 heavy (non-hydrogen) atoms. The highest BCUT2D eigenvalue weighted by atomic mass is 16.3. The van der Waals surface area contributed by atoms with Gasteiger partial charge >= 0.3 is 0 Å². The maximum Gasteiger partial charge on any atom is 0.143 e. The topological polar surface area (TPSA) is 26.0 Å². The number of rotatable bonds is 2. The molecule has 0 amide bonds. The zero-order valence-corrected chi connectivity index (χ0v) is 24.3. The van der Waals surface area contributed by atoms with E-state index in [1.807, 2.05) is 0 Å². The second kappa shape index (κ2) is 9.25. The van der Waals surface area contributed by atoms with E-state index in [0.29, 0.717) is 0 Å². The molecule has 0 N–H and O–H groups in total. The molecule has 10 rings (SSSR count). The largest absolute Gasteiger partial charge is 0.455 e. The van der Waals surface area contributed by atoms with Gasteiger partial charge in [0.15, 0.2) is 0 Å². The lowest BCUT2D eigenvalue weighted by Gasteiger charge is -2.14. The van der Waals surface area contributed by atoms with Gasteiger partial charge in [-0.2, -0.15) is 0 Å². The minimum Gasteiger partial charge on any atom is -0.455 e. The van der Waals surface area contributed by atoms with E-state index in [9.17, 15) is 0 Å². The van der Waals surface area contributed by atoms with E-state index in [1.54, 1.807) is 0 Å². The average Bonchev–Trinajstić information content (AvgIpc) is 3.51. The molecule has 0 atom stereocenters. The third kappa shape index (κ3) is 3.54. The van der Waals surface area contributed by atoms with E-state index >= 15 is 0 Å². The summed E-state index contributed by atoms with van der Waals surface area (Å²) in [5.41, 5.74) is 7.09. The predicted octanol–water partition coefficient (Wildman–Crippen LogP) is 12.1. The Morgan fingerprint density at radius 1 is 0.400 bits per heavy atom. The Hall–Kier alpha value is -5.99. The number of aromatic nitrogens is 1. The smallest absolute Gasteiger partial charge is 0.143 e. The normalized spacial score (nSPS) is 12.0. The van der Waals surface area contributed by atoms with Crippen molar-refractivity contribution in [3.63, 3.8) is 0 Å². The molecule has 0 aliphatic carbocycles. The van der Waals surface area contributed by atoms with Crippen LogP contribution >= 0.6 is 0 Å². The zero-order chi connectivity index (χ0) is 29.5. The molecule has 2 aromatic heterocycles. The molecule has 2 heteroatoms. The van der Waals surface area contributed by atoms with Crippen LogP contribution in [0.4, 0.5) is 0 Å². The maximum absolute atomic E-state index is 6.76. The van der Waals surface area contributed by atoms with Crippen LogP contribution in [-0.2, 0) is 0 Å². The number of fused-ring (bicyclic) bond motifs is 12. The van der Waals surface area contributed by atoms with Gasteiger partial charge in [0.25, 0.3) is 0 Å². The molecule has 0 radical (unpaired) electrons. The van der Waals surface area contributed by atoms with Crippen molar-refractivity contribution < 1.29 is 4.42 Å². The van der Waals surface area contributed by atoms with Crippen molar-refractivity contribution >= 4 is 75.9 Å². The summed E-state index contributed by atoms with van der Waals surface area (Å²) >= 11 is 0. The Morgan fingerprint density at radius 3 is 1.82 bits per heavy atom. The summed E-state index contributed by atoms with van der Waals surface area (Å²) in [5.74, 6) is 0. The van der Waals surface area contributed by atoms with Gasteiger partial charge in [0, 0.05) is 38.1 Å². The SMILES string of the molecule is c1cc(-c2nc3ccccc3c3c2ccc2ccccc23)cc(-c2cc3ccccc3c3c2oc2ccc4ccccc4c23)c1. The summed E-state index contributed by atoms with van der Waals surface area (Å²) < 4.78 is 6.76. The molecule has 0 spiro atoms. The first-order valence-corrected chi connectivity index (χ1v) is 15.4. The monoisotopic (exact) mass is 571 g/mol. The van der Waals surface area contributed by atoms with E-state index in [-0.39, 0.29) is 0 Å².